The van der Waals surface area contributed by atoms with Crippen LogP contribution >= 0.6 is 27.7 Å². The highest BCUT2D eigenvalue weighted by Gasteiger charge is 2.22. The fourth-order valence-electron chi connectivity index (χ4n) is 1.86. The van der Waals surface area contributed by atoms with Crippen LogP contribution in [0.25, 0.3) is 6.08 Å². The van der Waals surface area contributed by atoms with Gasteiger partial charge in [-0.2, -0.15) is 0 Å². The van der Waals surface area contributed by atoms with Gasteiger partial charge < -0.3 is 0 Å². The fraction of sp³-hybridized carbons (Fsp3) is 0. The first-order valence-electron chi connectivity index (χ1n) is 6.06. The van der Waals surface area contributed by atoms with Crippen molar-refractivity contribution in [2.24, 2.45) is 4.99 Å². The Balaban J connectivity index is 1.87. The number of carbonyl (C=O) groups excluding carboxylic acids is 1. The van der Waals surface area contributed by atoms with E-state index in [2.05, 4.69) is 20.9 Å². The van der Waals surface area contributed by atoms with E-state index in [1.807, 2.05) is 60.7 Å². The van der Waals surface area contributed by atoms with Crippen molar-refractivity contribution in [3.63, 3.8) is 0 Å². The third-order valence-electron chi connectivity index (χ3n) is 2.79. The molecule has 1 amide bonds. The number of hydrogen-bond donors (Lipinski definition) is 0. The maximum atomic E-state index is 12.0. The predicted molar refractivity (Wildman–Crippen MR) is 87.7 cm³/mol. The average molecular weight is 344 g/mol. The lowest BCUT2D eigenvalue weighted by Gasteiger charge is -1.99. The molecule has 0 aliphatic carbocycles. The number of hydrogen-bond acceptors (Lipinski definition) is 2. The first-order chi connectivity index (χ1) is 9.72. The minimum Gasteiger partial charge on any atom is -0.266 e. The smallest absolute Gasteiger partial charge is 0.266 e. The molecule has 2 aromatic carbocycles. The summed E-state index contributed by atoms with van der Waals surface area (Å²) in [5.41, 5.74) is 1.96. The van der Waals surface area contributed by atoms with E-state index >= 15 is 0 Å². The van der Waals surface area contributed by atoms with Crippen molar-refractivity contribution in [2.45, 2.75) is 0 Å². The number of amides is 1. The number of nitrogens with zero attached hydrogens (tertiary/aromatic N) is 1. The minimum absolute atomic E-state index is 0.172. The van der Waals surface area contributed by atoms with Gasteiger partial charge in [0.15, 0.2) is 0 Å². The lowest BCUT2D eigenvalue weighted by Crippen LogP contribution is -1.89. The molecule has 20 heavy (non-hydrogen) atoms. The highest BCUT2D eigenvalue weighted by atomic mass is 79.9. The molecule has 0 radical (unpaired) electrons. The van der Waals surface area contributed by atoms with E-state index in [-0.39, 0.29) is 5.91 Å². The number of halogens is 1. The first kappa shape index (κ1) is 13.3. The monoisotopic (exact) mass is 343 g/mol. The van der Waals surface area contributed by atoms with Crippen molar-refractivity contribution in [1.29, 1.82) is 0 Å². The Bertz CT molecular complexity index is 722. The SMILES string of the molecule is O=C1N=C(c2ccccc2)S/C1=C\c1cccc(Br)c1. The average Bonchev–Trinajstić information content (AvgIpc) is 2.81. The van der Waals surface area contributed by atoms with Crippen LogP contribution < -0.4 is 0 Å². The lowest BCUT2D eigenvalue weighted by atomic mass is 10.2. The van der Waals surface area contributed by atoms with Crippen LogP contribution in [0.4, 0.5) is 0 Å². The van der Waals surface area contributed by atoms with Gasteiger partial charge in [0.05, 0.1) is 4.91 Å². The van der Waals surface area contributed by atoms with Crippen LogP contribution in [0.1, 0.15) is 11.1 Å². The van der Waals surface area contributed by atoms with Gasteiger partial charge in [0.1, 0.15) is 5.04 Å². The molecule has 0 unspecified atom stereocenters. The largest absolute Gasteiger partial charge is 0.284 e. The molecule has 98 valence electrons. The van der Waals surface area contributed by atoms with E-state index in [1.54, 1.807) is 0 Å². The van der Waals surface area contributed by atoms with Crippen molar-refractivity contribution in [3.05, 3.63) is 75.1 Å². The van der Waals surface area contributed by atoms with Gasteiger partial charge in [-0.1, -0.05) is 70.2 Å². The summed E-state index contributed by atoms with van der Waals surface area (Å²) in [5, 5.41) is 0.761. The Hall–Kier alpha value is -1.65. The molecular formula is C16H10BrNOS. The van der Waals surface area contributed by atoms with Crippen LogP contribution in [0.3, 0.4) is 0 Å². The molecule has 2 aromatic rings. The van der Waals surface area contributed by atoms with Crippen LogP contribution in [0.15, 0.2) is 69.0 Å². The van der Waals surface area contributed by atoms with Crippen molar-refractivity contribution in [2.75, 3.05) is 0 Å². The molecule has 2 nitrogen and oxygen atoms in total. The molecule has 3 rings (SSSR count). The summed E-state index contributed by atoms with van der Waals surface area (Å²) in [6.07, 6.45) is 1.87. The van der Waals surface area contributed by atoms with Gasteiger partial charge in [-0.05, 0) is 23.8 Å². The van der Waals surface area contributed by atoms with E-state index in [0.717, 1.165) is 20.6 Å². The molecule has 0 spiro atoms. The zero-order valence-corrected chi connectivity index (χ0v) is 12.8. The maximum absolute atomic E-state index is 12.0. The second kappa shape index (κ2) is 5.77. The van der Waals surface area contributed by atoms with Gasteiger partial charge in [-0.25, -0.2) is 4.99 Å². The molecule has 1 aliphatic rings. The van der Waals surface area contributed by atoms with Crippen molar-refractivity contribution >= 4 is 44.7 Å². The number of aliphatic imine (C=N–C) groups is 1. The summed E-state index contributed by atoms with van der Waals surface area (Å²) in [7, 11) is 0. The zero-order valence-electron chi connectivity index (χ0n) is 10.4. The molecule has 0 atom stereocenters. The highest BCUT2D eigenvalue weighted by Crippen LogP contribution is 2.31. The van der Waals surface area contributed by atoms with Gasteiger partial charge in [0.2, 0.25) is 0 Å². The first-order valence-corrected chi connectivity index (χ1v) is 7.67. The third kappa shape index (κ3) is 2.92. The normalized spacial score (nSPS) is 16.6. The Morgan fingerprint density at radius 3 is 2.60 bits per heavy atom. The summed E-state index contributed by atoms with van der Waals surface area (Å²) in [4.78, 5) is 16.7. The van der Waals surface area contributed by atoms with Gasteiger partial charge in [0.25, 0.3) is 5.91 Å². The van der Waals surface area contributed by atoms with E-state index in [1.165, 1.54) is 11.8 Å². The molecular weight excluding hydrogens is 334 g/mol. The molecule has 0 aromatic heterocycles. The topological polar surface area (TPSA) is 29.4 Å². The van der Waals surface area contributed by atoms with Crippen LogP contribution in [0.5, 0.6) is 0 Å². The van der Waals surface area contributed by atoms with Crippen LogP contribution in [-0.4, -0.2) is 11.0 Å². The maximum Gasteiger partial charge on any atom is 0.284 e. The number of carbonyl (C=O) groups is 1. The Morgan fingerprint density at radius 1 is 1.05 bits per heavy atom. The molecule has 0 saturated heterocycles. The summed E-state index contributed by atoms with van der Waals surface area (Å²) in [5.74, 6) is -0.172. The number of benzene rings is 2. The summed E-state index contributed by atoms with van der Waals surface area (Å²) < 4.78 is 0.992. The van der Waals surface area contributed by atoms with Crippen molar-refractivity contribution in [1.82, 2.24) is 0 Å². The summed E-state index contributed by atoms with van der Waals surface area (Å²) in [6.45, 7) is 0. The molecule has 0 N–H and O–H groups in total. The highest BCUT2D eigenvalue weighted by molar-refractivity contribution is 9.10. The Kier molecular flexibility index (Phi) is 3.85. The van der Waals surface area contributed by atoms with Gasteiger partial charge >= 0.3 is 0 Å². The quantitative estimate of drug-likeness (QED) is 0.750. The lowest BCUT2D eigenvalue weighted by molar-refractivity contribution is -0.113. The third-order valence-corrected chi connectivity index (χ3v) is 4.31. The van der Waals surface area contributed by atoms with Crippen LogP contribution in [0.2, 0.25) is 0 Å². The van der Waals surface area contributed by atoms with Gasteiger partial charge in [-0.15, -0.1) is 0 Å². The molecule has 1 heterocycles. The summed E-state index contributed by atoms with van der Waals surface area (Å²) in [6, 6.07) is 17.6. The van der Waals surface area contributed by atoms with Crippen LogP contribution in [-0.2, 0) is 4.79 Å². The van der Waals surface area contributed by atoms with E-state index in [4.69, 9.17) is 0 Å². The van der Waals surface area contributed by atoms with E-state index in [0.29, 0.717) is 4.91 Å². The van der Waals surface area contributed by atoms with Crippen molar-refractivity contribution in [3.8, 4) is 0 Å². The second-order valence-corrected chi connectivity index (χ2v) is 6.20. The Morgan fingerprint density at radius 2 is 1.85 bits per heavy atom. The Labute approximate surface area is 129 Å². The zero-order chi connectivity index (χ0) is 13.9. The predicted octanol–water partition coefficient (Wildman–Crippen LogP) is 4.51. The van der Waals surface area contributed by atoms with Crippen molar-refractivity contribution < 1.29 is 4.79 Å². The van der Waals surface area contributed by atoms with E-state index in [9.17, 15) is 4.79 Å². The molecule has 1 aliphatic heterocycles. The minimum atomic E-state index is -0.172. The molecule has 4 heteroatoms. The second-order valence-electron chi connectivity index (χ2n) is 4.25. The summed E-state index contributed by atoms with van der Waals surface area (Å²) >= 11 is 4.84. The standard InChI is InChI=1S/C16H10BrNOS/c17-13-8-4-5-11(9-13)10-14-15(19)18-16(20-14)12-6-2-1-3-7-12/h1-10H/b14-10-. The number of rotatable bonds is 2. The molecule has 0 saturated carbocycles. The fourth-order valence-corrected chi connectivity index (χ4v) is 3.20. The molecule has 0 fully saturated rings. The van der Waals surface area contributed by atoms with E-state index < -0.39 is 0 Å². The van der Waals surface area contributed by atoms with Crippen LogP contribution in [0, 0.1) is 0 Å². The van der Waals surface area contributed by atoms with Gasteiger partial charge in [-0.3, -0.25) is 4.79 Å². The van der Waals surface area contributed by atoms with Gasteiger partial charge in [0, 0.05) is 10.0 Å². The molecule has 0 bridgehead atoms. The number of thioether (sulfide) groups is 1.